The summed E-state index contributed by atoms with van der Waals surface area (Å²) in [6, 6.07) is 16.2. The van der Waals surface area contributed by atoms with Crippen LogP contribution in [0.1, 0.15) is 78.5 Å². The number of benzene rings is 1. The fourth-order valence-corrected chi connectivity index (χ4v) is 5.97. The van der Waals surface area contributed by atoms with Gasteiger partial charge in [0.1, 0.15) is 17.8 Å². The minimum atomic E-state index is -0.210. The third kappa shape index (κ3) is 4.81. The third-order valence-corrected chi connectivity index (χ3v) is 7.82. The molecule has 0 N–H and O–H groups in total. The first-order valence-electron chi connectivity index (χ1n) is 14.0. The molecule has 0 fully saturated rings. The number of carbonyl (C=O) groups is 1. The second-order valence-electron chi connectivity index (χ2n) is 10.9. The molecule has 4 aromatic rings. The normalized spacial score (nSPS) is 20.6. The predicted octanol–water partition coefficient (Wildman–Crippen LogP) is 5.28. The molecule has 6 rings (SSSR count). The fourth-order valence-electron chi connectivity index (χ4n) is 5.97. The summed E-state index contributed by atoms with van der Waals surface area (Å²) in [4.78, 5) is 22.6. The summed E-state index contributed by atoms with van der Waals surface area (Å²) < 4.78 is 13.3. The molecule has 0 saturated carbocycles. The Morgan fingerprint density at radius 1 is 1.05 bits per heavy atom. The van der Waals surface area contributed by atoms with Gasteiger partial charge in [-0.1, -0.05) is 53.7 Å². The standard InChI is InChI=1S/C33H34N4O3/c1-20(2)39-33(38)25-15-13-23(14-16-25)26-19-37(29-18-28(35-31(26)29)30-21(3)36-40-22(30)4)32(24-10-6-5-7-11-24)27-12-8-9-17-34-27/h5-13,15,17-20,23,25,28,32H,14,16H2,1-4H3/t23?,25?,28?,32-/m1/s1. The van der Waals surface area contributed by atoms with Crippen LogP contribution in [-0.4, -0.2) is 26.8 Å². The summed E-state index contributed by atoms with van der Waals surface area (Å²) in [7, 11) is 0. The Morgan fingerprint density at radius 3 is 2.50 bits per heavy atom. The number of hydrogen-bond donors (Lipinski definition) is 0. The molecule has 0 spiro atoms. The molecule has 0 saturated heterocycles. The number of hydrogen-bond acceptors (Lipinski definition) is 6. The van der Waals surface area contributed by atoms with E-state index in [1.165, 1.54) is 0 Å². The van der Waals surface area contributed by atoms with Crippen LogP contribution in [0.4, 0.5) is 0 Å². The van der Waals surface area contributed by atoms with Gasteiger partial charge in [0.05, 0.1) is 34.1 Å². The number of pyridine rings is 1. The molecule has 40 heavy (non-hydrogen) atoms. The van der Waals surface area contributed by atoms with Crippen LogP contribution >= 0.6 is 0 Å². The van der Waals surface area contributed by atoms with Crippen LogP contribution in [0.5, 0.6) is 0 Å². The predicted molar refractivity (Wildman–Crippen MR) is 152 cm³/mol. The van der Waals surface area contributed by atoms with Crippen LogP contribution in [0.15, 0.2) is 82.6 Å². The van der Waals surface area contributed by atoms with E-state index in [1.807, 2.05) is 58.2 Å². The zero-order chi connectivity index (χ0) is 27.8. The molecule has 4 atom stereocenters. The van der Waals surface area contributed by atoms with Crippen molar-refractivity contribution in [3.63, 3.8) is 0 Å². The number of nitrogens with zero attached hydrogens (tertiary/aromatic N) is 4. The molecular weight excluding hydrogens is 500 g/mol. The van der Waals surface area contributed by atoms with Crippen molar-refractivity contribution < 1.29 is 14.1 Å². The lowest BCUT2D eigenvalue weighted by Crippen LogP contribution is -2.32. The first-order valence-corrected chi connectivity index (χ1v) is 14.0. The minimum Gasteiger partial charge on any atom is -0.463 e. The summed E-state index contributed by atoms with van der Waals surface area (Å²) in [5, 5.41) is 6.24. The molecule has 3 aromatic heterocycles. The topological polar surface area (TPSA) is 82.5 Å². The first-order chi connectivity index (χ1) is 19.4. The van der Waals surface area contributed by atoms with Gasteiger partial charge in [-0.15, -0.1) is 0 Å². The maximum Gasteiger partial charge on any atom is 0.313 e. The average Bonchev–Trinajstić information content (AvgIpc) is 3.63. The lowest BCUT2D eigenvalue weighted by Gasteiger charge is -2.23. The van der Waals surface area contributed by atoms with Crippen molar-refractivity contribution in [1.82, 2.24) is 14.7 Å². The van der Waals surface area contributed by atoms with Crippen LogP contribution in [0, 0.1) is 19.8 Å². The lowest BCUT2D eigenvalue weighted by molar-refractivity contribution is -0.151. The second-order valence-corrected chi connectivity index (χ2v) is 10.9. The first kappa shape index (κ1) is 26.0. The molecule has 0 amide bonds. The lowest BCUT2D eigenvalue weighted by atomic mass is 9.85. The number of aryl methyl sites for hydroxylation is 2. The Bertz CT molecular complexity index is 1610. The van der Waals surface area contributed by atoms with Gasteiger partial charge in [0, 0.05) is 29.4 Å². The van der Waals surface area contributed by atoms with Crippen LogP contribution in [0.3, 0.4) is 0 Å². The van der Waals surface area contributed by atoms with Crippen LogP contribution in [-0.2, 0) is 9.53 Å². The maximum absolute atomic E-state index is 12.6. The molecule has 4 heterocycles. The Kier molecular flexibility index (Phi) is 6.96. The Labute approximate surface area is 233 Å². The zero-order valence-electron chi connectivity index (χ0n) is 23.3. The molecule has 2 aliphatic rings. The van der Waals surface area contributed by atoms with Crippen molar-refractivity contribution in [3.05, 3.63) is 118 Å². The van der Waals surface area contributed by atoms with Gasteiger partial charge in [-0.25, -0.2) is 0 Å². The van der Waals surface area contributed by atoms with E-state index < -0.39 is 0 Å². The van der Waals surface area contributed by atoms with Crippen molar-refractivity contribution in [3.8, 4) is 0 Å². The highest BCUT2D eigenvalue weighted by Gasteiger charge is 2.30. The van der Waals surface area contributed by atoms with Gasteiger partial charge < -0.3 is 13.8 Å². The van der Waals surface area contributed by atoms with Crippen molar-refractivity contribution in [2.24, 2.45) is 10.9 Å². The number of fused-ring (bicyclic) bond motifs is 1. The zero-order valence-corrected chi connectivity index (χ0v) is 23.3. The number of ether oxygens (including phenoxy) is 1. The molecule has 1 aliphatic heterocycles. The number of allylic oxidation sites excluding steroid dienone is 1. The summed E-state index contributed by atoms with van der Waals surface area (Å²) in [5.74, 6) is 0.564. The fraction of sp³-hybridized carbons (Fsp3) is 0.333. The Hall–Kier alpha value is -4.26. The average molecular weight is 535 g/mol. The molecule has 7 heteroatoms. The van der Waals surface area contributed by atoms with E-state index in [0.717, 1.165) is 57.4 Å². The van der Waals surface area contributed by atoms with Gasteiger partial charge in [0.15, 0.2) is 0 Å². The molecule has 7 nitrogen and oxygen atoms in total. The molecule has 0 radical (unpaired) electrons. The van der Waals surface area contributed by atoms with E-state index in [-0.39, 0.29) is 36.0 Å². The molecule has 0 bridgehead atoms. The third-order valence-electron chi connectivity index (χ3n) is 7.82. The van der Waals surface area contributed by atoms with Gasteiger partial charge in [-0.3, -0.25) is 14.8 Å². The molecule has 3 unspecified atom stereocenters. The number of aromatic nitrogens is 3. The van der Waals surface area contributed by atoms with Gasteiger partial charge in [0.2, 0.25) is 0 Å². The maximum atomic E-state index is 12.6. The summed E-state index contributed by atoms with van der Waals surface area (Å²) in [6.45, 7) is 7.68. The second kappa shape index (κ2) is 10.7. The van der Waals surface area contributed by atoms with Gasteiger partial charge in [-0.05, 0) is 64.3 Å². The summed E-state index contributed by atoms with van der Waals surface area (Å²) in [5.41, 5.74) is 5.13. The highest BCUT2D eigenvalue weighted by atomic mass is 16.5. The van der Waals surface area contributed by atoms with E-state index in [4.69, 9.17) is 19.2 Å². The molecule has 204 valence electrons. The van der Waals surface area contributed by atoms with E-state index in [2.05, 4.69) is 58.4 Å². The minimum absolute atomic E-state index is 0.118. The molecule has 1 aromatic carbocycles. The number of rotatable bonds is 7. The molecule has 1 aliphatic carbocycles. The number of esters is 1. The smallest absolute Gasteiger partial charge is 0.313 e. The highest BCUT2D eigenvalue weighted by Crippen LogP contribution is 2.33. The van der Waals surface area contributed by atoms with Crippen LogP contribution in [0.2, 0.25) is 0 Å². The van der Waals surface area contributed by atoms with Crippen molar-refractivity contribution in [2.75, 3.05) is 0 Å². The SMILES string of the molecule is Cc1noc(C)c1C1C=c2c(c(C3C=CC(C(=O)OC(C)C)CC3)cn2[C@H](c2ccccc2)c2ccccn2)=N1. The quantitative estimate of drug-likeness (QED) is 0.238. The summed E-state index contributed by atoms with van der Waals surface area (Å²) in [6.07, 6.45) is 11.9. The summed E-state index contributed by atoms with van der Waals surface area (Å²) >= 11 is 0. The van der Waals surface area contributed by atoms with E-state index >= 15 is 0 Å². The van der Waals surface area contributed by atoms with E-state index in [1.54, 1.807) is 0 Å². The monoisotopic (exact) mass is 534 g/mol. The van der Waals surface area contributed by atoms with E-state index in [9.17, 15) is 4.79 Å². The van der Waals surface area contributed by atoms with Crippen LogP contribution < -0.4 is 10.7 Å². The Morgan fingerprint density at radius 2 is 1.85 bits per heavy atom. The Balaban J connectivity index is 1.49. The van der Waals surface area contributed by atoms with Gasteiger partial charge in [0.25, 0.3) is 0 Å². The molecular formula is C33H34N4O3. The highest BCUT2D eigenvalue weighted by molar-refractivity contribution is 5.75. The van der Waals surface area contributed by atoms with Crippen molar-refractivity contribution >= 4 is 12.0 Å². The van der Waals surface area contributed by atoms with Crippen LogP contribution in [0.25, 0.3) is 6.08 Å². The van der Waals surface area contributed by atoms with Crippen molar-refractivity contribution in [1.29, 1.82) is 0 Å². The number of carbonyl (C=O) groups excluding carboxylic acids is 1. The van der Waals surface area contributed by atoms with Crippen molar-refractivity contribution in [2.45, 2.75) is 64.6 Å². The van der Waals surface area contributed by atoms with Gasteiger partial charge in [-0.2, -0.15) is 0 Å². The van der Waals surface area contributed by atoms with Gasteiger partial charge >= 0.3 is 5.97 Å². The largest absolute Gasteiger partial charge is 0.463 e. The van der Waals surface area contributed by atoms with E-state index in [0.29, 0.717) is 0 Å².